The van der Waals surface area contributed by atoms with Gasteiger partial charge in [-0.3, -0.25) is 13.5 Å². The highest BCUT2D eigenvalue weighted by atomic mass is 16.5. The second kappa shape index (κ2) is 13.6. The maximum absolute atomic E-state index is 8.34. The highest BCUT2D eigenvalue weighted by Gasteiger charge is 2.34. The lowest BCUT2D eigenvalue weighted by Crippen LogP contribution is -2.24. The zero-order chi connectivity index (χ0) is 44.2. The van der Waals surface area contributed by atoms with Crippen LogP contribution in [0.4, 0.5) is 22.7 Å². The summed E-state index contributed by atoms with van der Waals surface area (Å²) in [7, 11) is 0. The van der Waals surface area contributed by atoms with Crippen LogP contribution in [0.15, 0.2) is 176 Å². The van der Waals surface area contributed by atoms with Crippen LogP contribution in [0.3, 0.4) is 0 Å². The van der Waals surface area contributed by atoms with Crippen LogP contribution in [0.25, 0.3) is 61.2 Å². The molecule has 300 valence electrons. The van der Waals surface area contributed by atoms with Gasteiger partial charge in [0.2, 0.25) is 5.78 Å². The fraction of sp³-hybridized carbons (Fsp3) is 0.111. The lowest BCUT2D eigenvalue weighted by molar-refractivity contribution is 0.483. The van der Waals surface area contributed by atoms with E-state index >= 15 is 0 Å². The van der Waals surface area contributed by atoms with Crippen LogP contribution < -0.4 is 14.5 Å². The van der Waals surface area contributed by atoms with E-state index in [0.29, 0.717) is 23.7 Å². The molecule has 0 amide bonds. The van der Waals surface area contributed by atoms with Crippen LogP contribution in [-0.2, 0) is 5.41 Å². The Morgan fingerprint density at radius 2 is 1.31 bits per heavy atom. The largest absolute Gasteiger partial charge is 0.457 e. The normalized spacial score (nSPS) is 14.0. The smallest absolute Gasteiger partial charge is 0.220 e. The molecule has 12 rings (SSSR count). The third kappa shape index (κ3) is 5.53. The van der Waals surface area contributed by atoms with E-state index in [1.54, 1.807) is 6.07 Å². The molecular formula is C54H43N7O. The maximum Gasteiger partial charge on any atom is 0.220 e. The number of benzene rings is 7. The molecule has 0 saturated heterocycles. The van der Waals surface area contributed by atoms with Gasteiger partial charge in [-0.25, -0.2) is 9.97 Å². The van der Waals surface area contributed by atoms with Gasteiger partial charge in [-0.1, -0.05) is 93.6 Å². The molecule has 0 bridgehead atoms. The Hall–Kier alpha value is -7.84. The summed E-state index contributed by atoms with van der Waals surface area (Å²) in [5, 5.41) is 2.29. The summed E-state index contributed by atoms with van der Waals surface area (Å²) in [6, 6.07) is 57.6. The minimum atomic E-state index is -2.32. The number of pyridine rings is 1. The summed E-state index contributed by atoms with van der Waals surface area (Å²) < 4.78 is 38.3. The second-order valence-electron chi connectivity index (χ2n) is 17.0. The fourth-order valence-corrected chi connectivity index (χ4v) is 9.29. The van der Waals surface area contributed by atoms with Gasteiger partial charge >= 0.3 is 0 Å². The quantitative estimate of drug-likeness (QED) is 0.167. The SMILES string of the molecule is [2H]C([2H])([2H])c1cccc2c1nc1n(-c3ccccc3)c3c4c(ccc3n21)N(c1cccc(Oc2ccc3c5ccccc5n(-c5cc(C(C)(C)C)ccn5)c3c2)c1)CN4c1ccccc1. The summed E-state index contributed by atoms with van der Waals surface area (Å²) in [6.07, 6.45) is 1.90. The molecule has 7 aromatic carbocycles. The molecule has 0 radical (unpaired) electrons. The lowest BCUT2D eigenvalue weighted by Gasteiger charge is -2.22. The van der Waals surface area contributed by atoms with Crippen LogP contribution in [0.5, 0.6) is 11.5 Å². The molecule has 0 spiro atoms. The van der Waals surface area contributed by atoms with E-state index in [4.69, 9.17) is 18.8 Å². The Labute approximate surface area is 363 Å². The van der Waals surface area contributed by atoms with Crippen molar-refractivity contribution < 1.29 is 8.85 Å². The van der Waals surface area contributed by atoms with Crippen molar-refractivity contribution in [3.05, 3.63) is 187 Å². The molecule has 0 N–H and O–H groups in total. The third-order valence-corrected chi connectivity index (χ3v) is 12.2. The molecule has 0 atom stereocenters. The van der Waals surface area contributed by atoms with E-state index in [2.05, 4.69) is 153 Å². The molecule has 5 heterocycles. The molecule has 4 aromatic heterocycles. The van der Waals surface area contributed by atoms with E-state index in [-0.39, 0.29) is 11.0 Å². The fourth-order valence-electron chi connectivity index (χ4n) is 9.29. The van der Waals surface area contributed by atoms with Gasteiger partial charge in [0.05, 0.1) is 44.5 Å². The predicted octanol–water partition coefficient (Wildman–Crippen LogP) is 13.6. The Balaban J connectivity index is 1.00. The monoisotopic (exact) mass is 808 g/mol. The van der Waals surface area contributed by atoms with Crippen LogP contribution in [-0.4, -0.2) is 30.2 Å². The Morgan fingerprint density at radius 1 is 0.581 bits per heavy atom. The Kier molecular flexibility index (Phi) is 7.22. The van der Waals surface area contributed by atoms with Crippen molar-refractivity contribution in [2.75, 3.05) is 16.5 Å². The number of hydrogen-bond acceptors (Lipinski definition) is 5. The average molecular weight is 809 g/mol. The number of para-hydroxylation sites is 4. The number of ether oxygens (including phenoxy) is 1. The molecule has 62 heavy (non-hydrogen) atoms. The van der Waals surface area contributed by atoms with Crippen LogP contribution in [0.1, 0.15) is 36.0 Å². The summed E-state index contributed by atoms with van der Waals surface area (Å²) in [5.74, 6) is 2.94. The van der Waals surface area contributed by atoms with E-state index in [9.17, 15) is 0 Å². The molecule has 8 heteroatoms. The van der Waals surface area contributed by atoms with Gasteiger partial charge in [0.1, 0.15) is 24.0 Å². The zero-order valence-electron chi connectivity index (χ0n) is 37.5. The molecule has 1 aliphatic heterocycles. The van der Waals surface area contributed by atoms with Gasteiger partial charge in [0.25, 0.3) is 0 Å². The first-order chi connectivity index (χ1) is 31.5. The number of nitrogens with zero attached hydrogens (tertiary/aromatic N) is 7. The number of imidazole rings is 2. The van der Waals surface area contributed by atoms with Crippen molar-refractivity contribution in [2.45, 2.75) is 33.0 Å². The Morgan fingerprint density at radius 3 is 2.13 bits per heavy atom. The third-order valence-electron chi connectivity index (χ3n) is 12.2. The van der Waals surface area contributed by atoms with Crippen molar-refractivity contribution in [2.24, 2.45) is 0 Å². The number of hydrogen-bond donors (Lipinski definition) is 0. The van der Waals surface area contributed by atoms with Crippen molar-refractivity contribution in [1.29, 1.82) is 0 Å². The van der Waals surface area contributed by atoms with Crippen LogP contribution >= 0.6 is 0 Å². The summed E-state index contributed by atoms with van der Waals surface area (Å²) in [5.41, 5.74) is 11.6. The first-order valence-electron chi connectivity index (χ1n) is 22.4. The van der Waals surface area contributed by atoms with Gasteiger partial charge in [-0.05, 0) is 108 Å². The number of aromatic nitrogens is 5. The number of fused-ring (bicyclic) bond motifs is 10. The van der Waals surface area contributed by atoms with Crippen molar-refractivity contribution in [3.63, 3.8) is 0 Å². The zero-order valence-corrected chi connectivity index (χ0v) is 34.5. The summed E-state index contributed by atoms with van der Waals surface area (Å²) in [4.78, 5) is 14.7. The highest BCUT2D eigenvalue weighted by Crippen LogP contribution is 2.50. The molecule has 0 saturated carbocycles. The molecule has 0 aliphatic carbocycles. The molecule has 1 aliphatic rings. The van der Waals surface area contributed by atoms with E-state index < -0.39 is 6.85 Å². The number of rotatable bonds is 6. The first-order valence-corrected chi connectivity index (χ1v) is 20.9. The van der Waals surface area contributed by atoms with Crippen molar-refractivity contribution in [1.82, 2.24) is 23.5 Å². The average Bonchev–Trinajstić information content (AvgIpc) is 4.06. The minimum Gasteiger partial charge on any atom is -0.457 e. The second-order valence-corrected chi connectivity index (χ2v) is 17.0. The van der Waals surface area contributed by atoms with Crippen molar-refractivity contribution in [3.8, 4) is 23.0 Å². The molecule has 11 aromatic rings. The predicted molar refractivity (Wildman–Crippen MR) is 254 cm³/mol. The molecule has 0 unspecified atom stereocenters. The maximum atomic E-state index is 8.34. The topological polar surface area (TPSA) is 55.8 Å². The lowest BCUT2D eigenvalue weighted by atomic mass is 9.88. The highest BCUT2D eigenvalue weighted by molar-refractivity contribution is 6.10. The van der Waals surface area contributed by atoms with Crippen LogP contribution in [0, 0.1) is 6.85 Å². The van der Waals surface area contributed by atoms with Gasteiger partial charge in [0.15, 0.2) is 0 Å². The van der Waals surface area contributed by atoms with Gasteiger partial charge in [-0.15, -0.1) is 0 Å². The molecule has 8 nitrogen and oxygen atoms in total. The number of anilines is 4. The van der Waals surface area contributed by atoms with Gasteiger partial charge in [-0.2, -0.15) is 0 Å². The molecule has 0 fully saturated rings. The number of aryl methyl sites for hydroxylation is 1. The summed E-state index contributed by atoms with van der Waals surface area (Å²) >= 11 is 0. The van der Waals surface area contributed by atoms with Gasteiger partial charge in [0, 0.05) is 50.3 Å². The Bertz CT molecular complexity index is 3660. The van der Waals surface area contributed by atoms with Gasteiger partial charge < -0.3 is 14.5 Å². The summed E-state index contributed by atoms with van der Waals surface area (Å²) in [6.45, 7) is 4.88. The van der Waals surface area contributed by atoms with E-state index in [0.717, 1.165) is 78.4 Å². The first kappa shape index (κ1) is 32.9. The standard InChI is InChI=1S/C54H43N7O/c1-35-15-13-24-45-50(35)56-53-59(38-18-9-6-10-19-38)52-47(61(45)53)28-27-46-51(52)58(37-16-7-5-8-17-37)34-57(46)39-20-14-21-40(32-39)62-41-25-26-43-42-22-11-12-23-44(42)60(48(43)33-41)49-31-36(29-30-55-49)54(2,3)4/h5-33H,34H2,1-4H3/i1D3. The molecular weight excluding hydrogens is 763 g/mol. The minimum absolute atomic E-state index is 0.0314. The van der Waals surface area contributed by atoms with Crippen molar-refractivity contribution >= 4 is 72.4 Å². The van der Waals surface area contributed by atoms with E-state index in [1.165, 1.54) is 5.56 Å². The van der Waals surface area contributed by atoms with Crippen LogP contribution in [0.2, 0.25) is 0 Å². The van der Waals surface area contributed by atoms with E-state index in [1.807, 2.05) is 60.8 Å².